The van der Waals surface area contributed by atoms with Gasteiger partial charge in [0.15, 0.2) is 0 Å². The number of amides is 3. The van der Waals surface area contributed by atoms with Crippen molar-refractivity contribution >= 4 is 39.3 Å². The highest BCUT2D eigenvalue weighted by Crippen LogP contribution is 2.31. The van der Waals surface area contributed by atoms with Gasteiger partial charge in [0.2, 0.25) is 11.8 Å². The number of thiazole rings is 1. The topological polar surface area (TPSA) is 91.4 Å². The van der Waals surface area contributed by atoms with E-state index in [1.165, 1.54) is 11.3 Å². The van der Waals surface area contributed by atoms with Gasteiger partial charge in [0.25, 0.3) is 5.91 Å². The molecule has 1 fully saturated rings. The van der Waals surface area contributed by atoms with E-state index in [1.807, 2.05) is 36.4 Å². The first-order valence-corrected chi connectivity index (χ1v) is 11.4. The maximum Gasteiger partial charge on any atom is 0.253 e. The maximum absolute atomic E-state index is 12.5. The molecule has 3 aromatic rings. The van der Waals surface area contributed by atoms with E-state index < -0.39 is 5.92 Å². The number of rotatable bonds is 7. The number of carbonyl (C=O) groups excluding carboxylic acids is 3. The highest BCUT2D eigenvalue weighted by molar-refractivity contribution is 7.18. The maximum atomic E-state index is 12.5. The highest BCUT2D eigenvalue weighted by atomic mass is 32.1. The molecule has 32 heavy (non-hydrogen) atoms. The lowest BCUT2D eigenvalue weighted by atomic mass is 10.0. The summed E-state index contributed by atoms with van der Waals surface area (Å²) in [7, 11) is 3.46. The zero-order chi connectivity index (χ0) is 22.8. The molecular formula is C24H26N4O3S. The SMILES string of the molecule is CC(C(=O)NCC(=O)NC1CC1)c1nc2cc(-c3cccc(C(=O)N(C)C)c3)ccc2s1. The number of benzene rings is 2. The van der Waals surface area contributed by atoms with Crippen LogP contribution in [0.4, 0.5) is 0 Å². The standard InChI is InChI=1S/C24H26N4O3S/c1-14(22(30)25-13-21(29)26-18-8-9-18)23-27-19-12-16(7-10-20(19)32-23)15-5-4-6-17(11-15)24(31)28(2)3/h4-7,10-12,14,18H,8-9,13H2,1-3H3,(H,25,30)(H,26,29). The Kier molecular flexibility index (Phi) is 6.23. The molecule has 7 nitrogen and oxygen atoms in total. The average Bonchev–Trinajstić information content (AvgIpc) is 3.50. The van der Waals surface area contributed by atoms with Crippen molar-refractivity contribution in [3.63, 3.8) is 0 Å². The Hall–Kier alpha value is -3.26. The summed E-state index contributed by atoms with van der Waals surface area (Å²) in [5, 5.41) is 6.26. The number of hydrogen-bond donors (Lipinski definition) is 2. The molecule has 1 saturated carbocycles. The second-order valence-electron chi connectivity index (χ2n) is 8.30. The third kappa shape index (κ3) is 4.96. The molecule has 3 amide bonds. The first kappa shape index (κ1) is 22.0. The normalized spacial score (nSPS) is 14.1. The fourth-order valence-corrected chi connectivity index (χ4v) is 4.34. The molecule has 1 atom stereocenters. The average molecular weight is 451 g/mol. The predicted octanol–water partition coefficient (Wildman–Crippen LogP) is 3.16. The zero-order valence-corrected chi connectivity index (χ0v) is 19.2. The van der Waals surface area contributed by atoms with Crippen molar-refractivity contribution in [2.45, 2.75) is 31.7 Å². The molecule has 2 aromatic carbocycles. The van der Waals surface area contributed by atoms with Gasteiger partial charge in [-0.3, -0.25) is 14.4 Å². The lowest BCUT2D eigenvalue weighted by molar-refractivity contribution is -0.126. The van der Waals surface area contributed by atoms with Crippen LogP contribution in [0.5, 0.6) is 0 Å². The summed E-state index contributed by atoms with van der Waals surface area (Å²) in [5.41, 5.74) is 3.32. The van der Waals surface area contributed by atoms with E-state index in [0.717, 1.165) is 34.2 Å². The molecule has 1 aromatic heterocycles. The summed E-state index contributed by atoms with van der Waals surface area (Å²) >= 11 is 1.47. The van der Waals surface area contributed by atoms with Gasteiger partial charge in [-0.1, -0.05) is 18.2 Å². The van der Waals surface area contributed by atoms with Crippen LogP contribution in [0.2, 0.25) is 0 Å². The van der Waals surface area contributed by atoms with Crippen LogP contribution in [0.15, 0.2) is 42.5 Å². The second-order valence-corrected chi connectivity index (χ2v) is 9.36. The lowest BCUT2D eigenvalue weighted by Crippen LogP contribution is -2.39. The Morgan fingerprint density at radius 1 is 1.12 bits per heavy atom. The van der Waals surface area contributed by atoms with Crippen LogP contribution in [-0.4, -0.2) is 54.3 Å². The van der Waals surface area contributed by atoms with Gasteiger partial charge in [0.1, 0.15) is 5.01 Å². The third-order valence-corrected chi connectivity index (χ3v) is 6.60. The van der Waals surface area contributed by atoms with E-state index in [1.54, 1.807) is 32.0 Å². The number of fused-ring (bicyclic) bond motifs is 1. The molecule has 0 spiro atoms. The summed E-state index contributed by atoms with van der Waals surface area (Å²) in [6.07, 6.45) is 2.03. The van der Waals surface area contributed by atoms with Gasteiger partial charge in [0, 0.05) is 25.7 Å². The van der Waals surface area contributed by atoms with Crippen molar-refractivity contribution in [3.05, 3.63) is 53.0 Å². The fourth-order valence-electron chi connectivity index (χ4n) is 3.34. The summed E-state index contributed by atoms with van der Waals surface area (Å²) in [5.74, 6) is -0.873. The van der Waals surface area contributed by atoms with Gasteiger partial charge in [-0.15, -0.1) is 11.3 Å². The Morgan fingerprint density at radius 3 is 2.59 bits per heavy atom. The van der Waals surface area contributed by atoms with Crippen LogP contribution in [0.25, 0.3) is 21.3 Å². The molecule has 8 heteroatoms. The van der Waals surface area contributed by atoms with Crippen LogP contribution in [-0.2, 0) is 9.59 Å². The molecule has 0 bridgehead atoms. The first-order valence-electron chi connectivity index (χ1n) is 10.6. The van der Waals surface area contributed by atoms with E-state index in [-0.39, 0.29) is 30.3 Å². The quantitative estimate of drug-likeness (QED) is 0.578. The minimum atomic E-state index is -0.453. The minimum absolute atomic E-state index is 0.0171. The second kappa shape index (κ2) is 9.08. The molecule has 1 aliphatic rings. The molecule has 1 unspecified atom stereocenters. The summed E-state index contributed by atoms with van der Waals surface area (Å²) in [4.78, 5) is 42.8. The minimum Gasteiger partial charge on any atom is -0.352 e. The van der Waals surface area contributed by atoms with Gasteiger partial charge in [-0.05, 0) is 55.2 Å². The molecule has 0 radical (unpaired) electrons. The molecule has 166 valence electrons. The van der Waals surface area contributed by atoms with Gasteiger partial charge in [0.05, 0.1) is 22.7 Å². The summed E-state index contributed by atoms with van der Waals surface area (Å²) in [6.45, 7) is 1.78. The zero-order valence-electron chi connectivity index (χ0n) is 18.3. The van der Waals surface area contributed by atoms with Crippen molar-refractivity contribution in [2.24, 2.45) is 0 Å². The van der Waals surface area contributed by atoms with Crippen molar-refractivity contribution in [1.29, 1.82) is 0 Å². The predicted molar refractivity (Wildman–Crippen MR) is 126 cm³/mol. The van der Waals surface area contributed by atoms with Crippen LogP contribution in [0.1, 0.15) is 41.0 Å². The Morgan fingerprint density at radius 2 is 1.88 bits per heavy atom. The Bertz CT molecular complexity index is 1180. The lowest BCUT2D eigenvalue weighted by Gasteiger charge is -2.11. The van der Waals surface area contributed by atoms with E-state index >= 15 is 0 Å². The molecule has 4 rings (SSSR count). The third-order valence-electron chi connectivity index (χ3n) is 5.38. The molecular weight excluding hydrogens is 424 g/mol. The largest absolute Gasteiger partial charge is 0.352 e. The van der Waals surface area contributed by atoms with Gasteiger partial charge < -0.3 is 15.5 Å². The molecule has 0 aliphatic heterocycles. The smallest absolute Gasteiger partial charge is 0.253 e. The number of hydrogen-bond acceptors (Lipinski definition) is 5. The Labute approximate surface area is 190 Å². The molecule has 1 aliphatic carbocycles. The monoisotopic (exact) mass is 450 g/mol. The van der Waals surface area contributed by atoms with E-state index in [9.17, 15) is 14.4 Å². The molecule has 2 N–H and O–H groups in total. The van der Waals surface area contributed by atoms with Gasteiger partial charge in [-0.25, -0.2) is 4.98 Å². The van der Waals surface area contributed by atoms with Crippen molar-refractivity contribution in [3.8, 4) is 11.1 Å². The van der Waals surface area contributed by atoms with Crippen molar-refractivity contribution in [2.75, 3.05) is 20.6 Å². The molecule has 1 heterocycles. The van der Waals surface area contributed by atoms with Crippen LogP contribution < -0.4 is 10.6 Å². The summed E-state index contributed by atoms with van der Waals surface area (Å²) < 4.78 is 0.982. The number of carbonyl (C=O) groups is 3. The van der Waals surface area contributed by atoms with Gasteiger partial charge in [-0.2, -0.15) is 0 Å². The van der Waals surface area contributed by atoms with Crippen molar-refractivity contribution < 1.29 is 14.4 Å². The van der Waals surface area contributed by atoms with Crippen molar-refractivity contribution in [1.82, 2.24) is 20.5 Å². The van der Waals surface area contributed by atoms with Crippen LogP contribution in [0.3, 0.4) is 0 Å². The number of nitrogens with one attached hydrogen (secondary N) is 2. The summed E-state index contributed by atoms with van der Waals surface area (Å²) in [6, 6.07) is 13.7. The number of nitrogens with zero attached hydrogens (tertiary/aromatic N) is 2. The van der Waals surface area contributed by atoms with Crippen LogP contribution in [0, 0.1) is 0 Å². The molecule has 0 saturated heterocycles. The highest BCUT2D eigenvalue weighted by Gasteiger charge is 2.24. The van der Waals surface area contributed by atoms with Gasteiger partial charge >= 0.3 is 0 Å². The number of aromatic nitrogens is 1. The van der Waals surface area contributed by atoms with Crippen LogP contribution >= 0.6 is 11.3 Å². The first-order chi connectivity index (χ1) is 15.3. The van der Waals surface area contributed by atoms with E-state index in [0.29, 0.717) is 10.6 Å². The van der Waals surface area contributed by atoms with E-state index in [2.05, 4.69) is 15.6 Å². The van der Waals surface area contributed by atoms with E-state index in [4.69, 9.17) is 0 Å². The Balaban J connectivity index is 1.49. The fraction of sp³-hybridized carbons (Fsp3) is 0.333.